The van der Waals surface area contributed by atoms with Crippen molar-refractivity contribution in [1.29, 1.82) is 0 Å². The third-order valence-corrected chi connectivity index (χ3v) is 5.30. The standard InChI is InChI=1S/C24H27N3O2/c1-28-24-15-20(7-8-23(24)29-18-19-5-3-2-4-6-19)17-27-14-13-26-16-22(27)21-9-11-25-12-10-21/h2-12,15,22,26H,13-14,16-18H2,1H3. The minimum Gasteiger partial charge on any atom is -0.493 e. The van der Waals surface area contributed by atoms with Crippen LogP contribution in [0.1, 0.15) is 22.7 Å². The van der Waals surface area contributed by atoms with Gasteiger partial charge in [0.15, 0.2) is 11.5 Å². The maximum Gasteiger partial charge on any atom is 0.161 e. The normalized spacial score (nSPS) is 17.1. The molecule has 2 aromatic carbocycles. The Labute approximate surface area is 172 Å². The van der Waals surface area contributed by atoms with Crippen molar-refractivity contribution in [2.75, 3.05) is 26.7 Å². The first-order valence-electron chi connectivity index (χ1n) is 10.0. The molecule has 2 heterocycles. The molecule has 5 nitrogen and oxygen atoms in total. The highest BCUT2D eigenvalue weighted by Crippen LogP contribution is 2.31. The van der Waals surface area contributed by atoms with Crippen LogP contribution in [0.4, 0.5) is 0 Å². The molecule has 0 spiro atoms. The summed E-state index contributed by atoms with van der Waals surface area (Å²) in [4.78, 5) is 6.66. The zero-order valence-electron chi connectivity index (χ0n) is 16.8. The molecule has 0 bridgehead atoms. The Morgan fingerprint density at radius 3 is 2.62 bits per heavy atom. The molecule has 5 heteroatoms. The molecule has 1 fully saturated rings. The average Bonchev–Trinajstić information content (AvgIpc) is 2.80. The van der Waals surface area contributed by atoms with Crippen molar-refractivity contribution in [3.8, 4) is 11.5 Å². The molecule has 0 saturated carbocycles. The molecule has 0 aliphatic carbocycles. The lowest BCUT2D eigenvalue weighted by Gasteiger charge is -2.36. The summed E-state index contributed by atoms with van der Waals surface area (Å²) in [6, 6.07) is 21.0. The number of nitrogens with one attached hydrogen (secondary N) is 1. The van der Waals surface area contributed by atoms with Crippen molar-refractivity contribution in [2.24, 2.45) is 0 Å². The fourth-order valence-electron chi connectivity index (χ4n) is 3.75. The molecular weight excluding hydrogens is 362 g/mol. The number of hydrogen-bond donors (Lipinski definition) is 1. The smallest absolute Gasteiger partial charge is 0.161 e. The summed E-state index contributed by atoms with van der Waals surface area (Å²) >= 11 is 0. The Balaban J connectivity index is 1.46. The Kier molecular flexibility index (Phi) is 6.39. The zero-order valence-corrected chi connectivity index (χ0v) is 16.8. The third-order valence-electron chi connectivity index (χ3n) is 5.30. The highest BCUT2D eigenvalue weighted by molar-refractivity contribution is 5.43. The van der Waals surface area contributed by atoms with Gasteiger partial charge in [-0.25, -0.2) is 0 Å². The third kappa shape index (κ3) is 4.94. The van der Waals surface area contributed by atoms with Gasteiger partial charge in [-0.2, -0.15) is 0 Å². The van der Waals surface area contributed by atoms with Crippen LogP contribution in [-0.2, 0) is 13.2 Å². The van der Waals surface area contributed by atoms with E-state index in [0.717, 1.165) is 43.2 Å². The van der Waals surface area contributed by atoms with Crippen LogP contribution in [0.2, 0.25) is 0 Å². The van der Waals surface area contributed by atoms with E-state index in [4.69, 9.17) is 9.47 Å². The quantitative estimate of drug-likeness (QED) is 0.666. The molecule has 0 amide bonds. The van der Waals surface area contributed by atoms with Gasteiger partial charge in [0.1, 0.15) is 6.61 Å². The van der Waals surface area contributed by atoms with Gasteiger partial charge in [0, 0.05) is 44.6 Å². The van der Waals surface area contributed by atoms with Gasteiger partial charge in [0.2, 0.25) is 0 Å². The van der Waals surface area contributed by atoms with Gasteiger partial charge < -0.3 is 14.8 Å². The number of pyridine rings is 1. The second-order valence-electron chi connectivity index (χ2n) is 7.23. The van der Waals surface area contributed by atoms with Crippen LogP contribution in [0.25, 0.3) is 0 Å². The molecule has 1 aliphatic heterocycles. The van der Waals surface area contributed by atoms with E-state index >= 15 is 0 Å². The van der Waals surface area contributed by atoms with Crippen LogP contribution in [0, 0.1) is 0 Å². The molecule has 1 aliphatic rings. The number of hydrogen-bond acceptors (Lipinski definition) is 5. The van der Waals surface area contributed by atoms with Gasteiger partial charge in [-0.05, 0) is 41.0 Å². The van der Waals surface area contributed by atoms with E-state index in [-0.39, 0.29) is 0 Å². The number of methoxy groups -OCH3 is 1. The average molecular weight is 389 g/mol. The van der Waals surface area contributed by atoms with Crippen LogP contribution in [-0.4, -0.2) is 36.6 Å². The molecule has 150 valence electrons. The van der Waals surface area contributed by atoms with Crippen LogP contribution in [0.3, 0.4) is 0 Å². The van der Waals surface area contributed by atoms with Gasteiger partial charge in [-0.1, -0.05) is 36.4 Å². The molecule has 3 aromatic rings. The summed E-state index contributed by atoms with van der Waals surface area (Å²) in [5.74, 6) is 1.54. The van der Waals surface area contributed by atoms with Crippen LogP contribution < -0.4 is 14.8 Å². The largest absolute Gasteiger partial charge is 0.493 e. The second kappa shape index (κ2) is 9.54. The van der Waals surface area contributed by atoms with Crippen LogP contribution >= 0.6 is 0 Å². The molecule has 1 saturated heterocycles. The first-order chi connectivity index (χ1) is 14.3. The SMILES string of the molecule is COc1cc(CN2CCNCC2c2ccncc2)ccc1OCc1ccccc1. The molecule has 1 aromatic heterocycles. The Morgan fingerprint density at radius 1 is 1.00 bits per heavy atom. The minimum absolute atomic E-state index is 0.340. The molecule has 4 rings (SSSR count). The summed E-state index contributed by atoms with van der Waals surface area (Å²) in [6.45, 7) is 4.33. The molecular formula is C24H27N3O2. The molecule has 1 unspecified atom stereocenters. The summed E-state index contributed by atoms with van der Waals surface area (Å²) in [7, 11) is 1.69. The van der Waals surface area contributed by atoms with E-state index in [0.29, 0.717) is 12.6 Å². The lowest BCUT2D eigenvalue weighted by Crippen LogP contribution is -2.45. The lowest BCUT2D eigenvalue weighted by atomic mass is 10.0. The maximum atomic E-state index is 5.99. The predicted octanol–water partition coefficient (Wildman–Crippen LogP) is 3.82. The number of benzene rings is 2. The van der Waals surface area contributed by atoms with Gasteiger partial charge in [0.05, 0.1) is 7.11 Å². The molecule has 1 atom stereocenters. The monoisotopic (exact) mass is 389 g/mol. The van der Waals surface area contributed by atoms with Gasteiger partial charge >= 0.3 is 0 Å². The Bertz CT molecular complexity index is 903. The van der Waals surface area contributed by atoms with E-state index < -0.39 is 0 Å². The van der Waals surface area contributed by atoms with Gasteiger partial charge in [-0.3, -0.25) is 9.88 Å². The highest BCUT2D eigenvalue weighted by Gasteiger charge is 2.24. The Hall–Kier alpha value is -2.89. The number of aromatic nitrogens is 1. The number of rotatable bonds is 7. The zero-order chi connectivity index (χ0) is 19.9. The van der Waals surface area contributed by atoms with E-state index in [9.17, 15) is 0 Å². The highest BCUT2D eigenvalue weighted by atomic mass is 16.5. The molecule has 29 heavy (non-hydrogen) atoms. The molecule has 1 N–H and O–H groups in total. The van der Waals surface area contributed by atoms with Crippen molar-refractivity contribution in [2.45, 2.75) is 19.2 Å². The van der Waals surface area contributed by atoms with E-state index in [1.807, 2.05) is 36.7 Å². The topological polar surface area (TPSA) is 46.6 Å². The summed E-state index contributed by atoms with van der Waals surface area (Å²) in [5, 5.41) is 3.51. The summed E-state index contributed by atoms with van der Waals surface area (Å²) < 4.78 is 11.6. The van der Waals surface area contributed by atoms with E-state index in [1.165, 1.54) is 11.1 Å². The van der Waals surface area contributed by atoms with Crippen LogP contribution in [0.15, 0.2) is 73.1 Å². The predicted molar refractivity (Wildman–Crippen MR) is 114 cm³/mol. The van der Waals surface area contributed by atoms with E-state index in [2.05, 4.69) is 51.6 Å². The summed E-state index contributed by atoms with van der Waals surface area (Å²) in [6.07, 6.45) is 3.73. The first-order valence-corrected chi connectivity index (χ1v) is 10.0. The first kappa shape index (κ1) is 19.4. The fourth-order valence-corrected chi connectivity index (χ4v) is 3.75. The van der Waals surface area contributed by atoms with Gasteiger partial charge in [0.25, 0.3) is 0 Å². The summed E-state index contributed by atoms with van der Waals surface area (Å²) in [5.41, 5.74) is 3.65. The van der Waals surface area contributed by atoms with Gasteiger partial charge in [-0.15, -0.1) is 0 Å². The van der Waals surface area contributed by atoms with Crippen molar-refractivity contribution < 1.29 is 9.47 Å². The minimum atomic E-state index is 0.340. The van der Waals surface area contributed by atoms with Crippen molar-refractivity contribution in [3.05, 3.63) is 89.7 Å². The fraction of sp³-hybridized carbons (Fsp3) is 0.292. The molecule has 0 radical (unpaired) electrons. The van der Waals surface area contributed by atoms with Crippen molar-refractivity contribution >= 4 is 0 Å². The number of nitrogens with zero attached hydrogens (tertiary/aromatic N) is 2. The van der Waals surface area contributed by atoms with Crippen LogP contribution in [0.5, 0.6) is 11.5 Å². The Morgan fingerprint density at radius 2 is 1.83 bits per heavy atom. The second-order valence-corrected chi connectivity index (χ2v) is 7.23. The van der Waals surface area contributed by atoms with Crippen molar-refractivity contribution in [3.63, 3.8) is 0 Å². The van der Waals surface area contributed by atoms with E-state index in [1.54, 1.807) is 7.11 Å². The maximum absolute atomic E-state index is 5.99. The van der Waals surface area contributed by atoms with Crippen molar-refractivity contribution in [1.82, 2.24) is 15.2 Å². The lowest BCUT2D eigenvalue weighted by molar-refractivity contribution is 0.153. The number of piperazine rings is 1. The number of ether oxygens (including phenoxy) is 2.